The predicted molar refractivity (Wildman–Crippen MR) is 89.0 cm³/mol. The van der Waals surface area contributed by atoms with Crippen LogP contribution in [-0.4, -0.2) is 19.6 Å². The highest BCUT2D eigenvalue weighted by Crippen LogP contribution is 2.21. The third kappa shape index (κ3) is 4.68. The molecular formula is C17H18ClFN2O2. The van der Waals surface area contributed by atoms with E-state index in [0.29, 0.717) is 18.1 Å². The van der Waals surface area contributed by atoms with Gasteiger partial charge in [0, 0.05) is 24.4 Å². The van der Waals surface area contributed by atoms with Gasteiger partial charge in [0.2, 0.25) is 0 Å². The quantitative estimate of drug-likeness (QED) is 0.793. The Kier molecular flexibility index (Phi) is 5.96. The predicted octanol–water partition coefficient (Wildman–Crippen LogP) is 3.57. The minimum atomic E-state index is -0.479. The van der Waals surface area contributed by atoms with Crippen LogP contribution in [0, 0.1) is 5.82 Å². The number of nitrogens with two attached hydrogens (primary N) is 1. The van der Waals surface area contributed by atoms with Crippen LogP contribution in [0.4, 0.5) is 10.1 Å². The van der Waals surface area contributed by atoms with Crippen molar-refractivity contribution >= 4 is 23.2 Å². The monoisotopic (exact) mass is 336 g/mol. The first kappa shape index (κ1) is 17.2. The molecule has 0 aliphatic rings. The highest BCUT2D eigenvalue weighted by molar-refractivity contribution is 6.30. The topological polar surface area (TPSA) is 64.3 Å². The van der Waals surface area contributed by atoms with Crippen LogP contribution in [-0.2, 0) is 4.74 Å². The number of nitrogens with one attached hydrogen (secondary N) is 1. The van der Waals surface area contributed by atoms with Gasteiger partial charge in [-0.05, 0) is 42.3 Å². The molecule has 0 saturated heterocycles. The fraction of sp³-hybridized carbons (Fsp3) is 0.235. The SMILES string of the molecule is COCCC(NC(=O)c1ccc(F)cc1N)c1ccc(Cl)cc1. The molecule has 0 heterocycles. The standard InChI is InChI=1S/C17H18ClFN2O2/c1-23-9-8-16(11-2-4-12(18)5-3-11)21-17(22)14-7-6-13(19)10-15(14)20/h2-7,10,16H,8-9,20H2,1H3,(H,21,22). The third-order valence-corrected chi connectivity index (χ3v) is 3.70. The van der Waals surface area contributed by atoms with Gasteiger partial charge in [0.1, 0.15) is 5.82 Å². The fourth-order valence-electron chi connectivity index (χ4n) is 2.23. The van der Waals surface area contributed by atoms with Crippen molar-refractivity contribution in [1.29, 1.82) is 0 Å². The highest BCUT2D eigenvalue weighted by Gasteiger charge is 2.17. The molecule has 2 aromatic rings. The summed E-state index contributed by atoms with van der Waals surface area (Å²) in [6, 6.07) is 10.6. The van der Waals surface area contributed by atoms with Gasteiger partial charge in [-0.25, -0.2) is 4.39 Å². The van der Waals surface area contributed by atoms with Crippen molar-refractivity contribution in [3.63, 3.8) is 0 Å². The molecular weight excluding hydrogens is 319 g/mol. The van der Waals surface area contributed by atoms with Gasteiger partial charge in [0.05, 0.1) is 11.6 Å². The van der Waals surface area contributed by atoms with Crippen molar-refractivity contribution in [2.75, 3.05) is 19.5 Å². The smallest absolute Gasteiger partial charge is 0.253 e. The lowest BCUT2D eigenvalue weighted by atomic mass is 10.0. The molecule has 0 saturated carbocycles. The molecule has 1 unspecified atom stereocenters. The zero-order valence-electron chi connectivity index (χ0n) is 12.7. The van der Waals surface area contributed by atoms with Gasteiger partial charge in [-0.15, -0.1) is 0 Å². The van der Waals surface area contributed by atoms with Crippen molar-refractivity contribution in [2.24, 2.45) is 0 Å². The van der Waals surface area contributed by atoms with E-state index in [-0.39, 0.29) is 23.2 Å². The summed E-state index contributed by atoms with van der Waals surface area (Å²) in [6.45, 7) is 0.479. The number of amides is 1. The lowest BCUT2D eigenvalue weighted by Crippen LogP contribution is -2.30. The van der Waals surface area contributed by atoms with Gasteiger partial charge in [-0.2, -0.15) is 0 Å². The summed E-state index contributed by atoms with van der Waals surface area (Å²) >= 11 is 5.89. The normalized spacial score (nSPS) is 12.0. The van der Waals surface area contributed by atoms with E-state index in [1.165, 1.54) is 12.1 Å². The molecule has 0 aliphatic carbocycles. The lowest BCUT2D eigenvalue weighted by Gasteiger charge is -2.19. The van der Waals surface area contributed by atoms with Crippen LogP contribution in [0.15, 0.2) is 42.5 Å². The van der Waals surface area contributed by atoms with Gasteiger partial charge in [-0.3, -0.25) is 4.79 Å². The number of halogens is 2. The van der Waals surface area contributed by atoms with E-state index in [4.69, 9.17) is 22.1 Å². The summed E-state index contributed by atoms with van der Waals surface area (Å²) < 4.78 is 18.2. The maximum Gasteiger partial charge on any atom is 0.253 e. The molecule has 1 atom stereocenters. The largest absolute Gasteiger partial charge is 0.398 e. The molecule has 1 amide bonds. The van der Waals surface area contributed by atoms with Crippen molar-refractivity contribution < 1.29 is 13.9 Å². The molecule has 0 aromatic heterocycles. The lowest BCUT2D eigenvalue weighted by molar-refractivity contribution is 0.0925. The molecule has 2 rings (SSSR count). The van der Waals surface area contributed by atoms with Gasteiger partial charge in [-0.1, -0.05) is 23.7 Å². The molecule has 0 aliphatic heterocycles. The number of methoxy groups -OCH3 is 1. The second kappa shape index (κ2) is 7.94. The van der Waals surface area contributed by atoms with Crippen LogP contribution in [0.3, 0.4) is 0 Å². The van der Waals surface area contributed by atoms with E-state index >= 15 is 0 Å². The summed E-state index contributed by atoms with van der Waals surface area (Å²) in [5.41, 5.74) is 6.96. The second-order valence-electron chi connectivity index (χ2n) is 5.09. The Bertz CT molecular complexity index is 677. The third-order valence-electron chi connectivity index (χ3n) is 3.45. The van der Waals surface area contributed by atoms with Crippen molar-refractivity contribution in [3.8, 4) is 0 Å². The molecule has 6 heteroatoms. The minimum absolute atomic E-state index is 0.101. The van der Waals surface area contributed by atoms with Crippen LogP contribution in [0.2, 0.25) is 5.02 Å². The molecule has 0 spiro atoms. The summed E-state index contributed by atoms with van der Waals surface area (Å²) in [5, 5.41) is 3.52. The molecule has 2 aromatic carbocycles. The molecule has 0 fully saturated rings. The molecule has 0 bridgehead atoms. The van der Waals surface area contributed by atoms with Gasteiger partial charge in [0.15, 0.2) is 0 Å². The molecule has 4 nitrogen and oxygen atoms in total. The first-order chi connectivity index (χ1) is 11.0. The van der Waals surface area contributed by atoms with Crippen molar-refractivity contribution in [1.82, 2.24) is 5.32 Å². The molecule has 0 radical (unpaired) electrons. The average Bonchev–Trinajstić information content (AvgIpc) is 2.52. The molecule has 122 valence electrons. The number of ether oxygens (including phenoxy) is 1. The number of hydrogen-bond acceptors (Lipinski definition) is 3. The number of rotatable bonds is 6. The van der Waals surface area contributed by atoms with Crippen LogP contribution in [0.5, 0.6) is 0 Å². The Hall–Kier alpha value is -2.11. The van der Waals surface area contributed by atoms with E-state index in [1.54, 1.807) is 19.2 Å². The average molecular weight is 337 g/mol. The Morgan fingerprint density at radius 1 is 1.30 bits per heavy atom. The van der Waals surface area contributed by atoms with Gasteiger partial charge in [0.25, 0.3) is 5.91 Å². The number of hydrogen-bond donors (Lipinski definition) is 2. The summed E-state index contributed by atoms with van der Waals surface area (Å²) in [5.74, 6) is -0.841. The fourth-order valence-corrected chi connectivity index (χ4v) is 2.36. The molecule has 23 heavy (non-hydrogen) atoms. The maximum atomic E-state index is 13.1. The van der Waals surface area contributed by atoms with E-state index in [2.05, 4.69) is 5.32 Å². The number of carbonyl (C=O) groups is 1. The summed E-state index contributed by atoms with van der Waals surface area (Å²) in [7, 11) is 1.60. The first-order valence-corrected chi connectivity index (χ1v) is 7.49. The van der Waals surface area contributed by atoms with E-state index < -0.39 is 5.82 Å². The Balaban J connectivity index is 2.19. The first-order valence-electron chi connectivity index (χ1n) is 7.11. The zero-order valence-corrected chi connectivity index (χ0v) is 13.4. The Labute approximate surface area is 139 Å². The van der Waals surface area contributed by atoms with Crippen LogP contribution < -0.4 is 11.1 Å². The summed E-state index contributed by atoms with van der Waals surface area (Å²) in [4.78, 5) is 12.4. The van der Waals surface area contributed by atoms with E-state index in [0.717, 1.165) is 11.6 Å². The van der Waals surface area contributed by atoms with Gasteiger partial charge < -0.3 is 15.8 Å². The minimum Gasteiger partial charge on any atom is -0.398 e. The highest BCUT2D eigenvalue weighted by atomic mass is 35.5. The number of anilines is 1. The number of carbonyl (C=O) groups excluding carboxylic acids is 1. The zero-order chi connectivity index (χ0) is 16.8. The van der Waals surface area contributed by atoms with E-state index in [9.17, 15) is 9.18 Å². The Morgan fingerprint density at radius 2 is 2.00 bits per heavy atom. The maximum absolute atomic E-state index is 13.1. The van der Waals surface area contributed by atoms with E-state index in [1.807, 2.05) is 12.1 Å². The summed E-state index contributed by atoms with van der Waals surface area (Å²) in [6.07, 6.45) is 0.588. The number of nitrogen functional groups attached to an aromatic ring is 1. The van der Waals surface area contributed by atoms with Crippen LogP contribution in [0.1, 0.15) is 28.4 Å². The van der Waals surface area contributed by atoms with Crippen LogP contribution in [0.25, 0.3) is 0 Å². The van der Waals surface area contributed by atoms with Crippen LogP contribution >= 0.6 is 11.6 Å². The van der Waals surface area contributed by atoms with Crippen molar-refractivity contribution in [2.45, 2.75) is 12.5 Å². The van der Waals surface area contributed by atoms with Gasteiger partial charge >= 0.3 is 0 Å². The Morgan fingerprint density at radius 3 is 2.61 bits per heavy atom. The van der Waals surface area contributed by atoms with Crippen molar-refractivity contribution in [3.05, 3.63) is 64.4 Å². The second-order valence-corrected chi connectivity index (χ2v) is 5.53. The number of benzene rings is 2. The molecule has 3 N–H and O–H groups in total.